The molecule has 0 fully saturated rings. The van der Waals surface area contributed by atoms with Gasteiger partial charge in [0, 0.05) is 10.7 Å². The van der Waals surface area contributed by atoms with Gasteiger partial charge in [-0.3, -0.25) is 0 Å². The summed E-state index contributed by atoms with van der Waals surface area (Å²) in [4.78, 5) is 0. The first kappa shape index (κ1) is 12.6. The maximum absolute atomic E-state index is 6.13. The highest BCUT2D eigenvalue weighted by molar-refractivity contribution is 6.30. The molecule has 1 unspecified atom stereocenters. The second kappa shape index (κ2) is 4.90. The van der Waals surface area contributed by atoms with Gasteiger partial charge < -0.3 is 5.32 Å². The molecular formula is C17H18ClN. The topological polar surface area (TPSA) is 12.0 Å². The van der Waals surface area contributed by atoms with E-state index in [-0.39, 0.29) is 0 Å². The summed E-state index contributed by atoms with van der Waals surface area (Å²) in [6.45, 7) is 4.30. The Morgan fingerprint density at radius 1 is 1.21 bits per heavy atom. The first-order chi connectivity index (χ1) is 9.17. The molecule has 0 saturated carbocycles. The minimum absolute atomic E-state index is 0.373. The number of fused-ring (bicyclic) bond motifs is 1. The van der Waals surface area contributed by atoms with Crippen molar-refractivity contribution in [3.63, 3.8) is 0 Å². The van der Waals surface area contributed by atoms with Gasteiger partial charge in [0.25, 0.3) is 0 Å². The number of hydrogen-bond acceptors (Lipinski definition) is 1. The largest absolute Gasteiger partial charge is 0.377 e. The van der Waals surface area contributed by atoms with Gasteiger partial charge in [-0.2, -0.15) is 0 Å². The van der Waals surface area contributed by atoms with Crippen LogP contribution in [-0.4, -0.2) is 0 Å². The van der Waals surface area contributed by atoms with Crippen LogP contribution < -0.4 is 5.32 Å². The molecule has 19 heavy (non-hydrogen) atoms. The van der Waals surface area contributed by atoms with Crippen molar-refractivity contribution in [1.29, 1.82) is 0 Å². The van der Waals surface area contributed by atoms with Gasteiger partial charge in [0.15, 0.2) is 0 Å². The van der Waals surface area contributed by atoms with Crippen LogP contribution in [0.25, 0.3) is 0 Å². The molecular weight excluding hydrogens is 254 g/mol. The van der Waals surface area contributed by atoms with E-state index in [4.69, 9.17) is 11.6 Å². The Labute approximate surface area is 119 Å². The zero-order chi connectivity index (χ0) is 13.4. The first-order valence-corrected chi connectivity index (χ1v) is 7.19. The van der Waals surface area contributed by atoms with Crippen LogP contribution in [0, 0.1) is 6.92 Å². The van der Waals surface area contributed by atoms with Crippen LogP contribution in [0.2, 0.25) is 5.02 Å². The third-order valence-electron chi connectivity index (χ3n) is 3.91. The van der Waals surface area contributed by atoms with E-state index in [1.165, 1.54) is 27.9 Å². The molecule has 2 aromatic rings. The van der Waals surface area contributed by atoms with Crippen molar-refractivity contribution in [3.8, 4) is 0 Å². The number of aryl methyl sites for hydroxylation is 2. The van der Waals surface area contributed by atoms with Crippen molar-refractivity contribution >= 4 is 17.3 Å². The van der Waals surface area contributed by atoms with Gasteiger partial charge in [0.05, 0.1) is 6.04 Å². The quantitative estimate of drug-likeness (QED) is 0.817. The van der Waals surface area contributed by atoms with E-state index < -0.39 is 0 Å². The molecule has 1 aliphatic rings. The molecule has 0 saturated heterocycles. The molecule has 0 radical (unpaired) electrons. The van der Waals surface area contributed by atoms with E-state index in [1.54, 1.807) is 0 Å². The Morgan fingerprint density at radius 3 is 2.63 bits per heavy atom. The van der Waals surface area contributed by atoms with Gasteiger partial charge in [-0.15, -0.1) is 0 Å². The highest BCUT2D eigenvalue weighted by Gasteiger charge is 2.23. The Kier molecular flexibility index (Phi) is 3.24. The fourth-order valence-electron chi connectivity index (χ4n) is 2.81. The molecule has 1 heterocycles. The van der Waals surface area contributed by atoms with Crippen LogP contribution in [-0.2, 0) is 12.8 Å². The monoisotopic (exact) mass is 271 g/mol. The molecule has 1 atom stereocenters. The van der Waals surface area contributed by atoms with E-state index in [0.717, 1.165) is 17.9 Å². The van der Waals surface area contributed by atoms with Crippen molar-refractivity contribution in [2.75, 3.05) is 5.32 Å². The molecule has 98 valence electrons. The Morgan fingerprint density at radius 2 is 1.95 bits per heavy atom. The number of nitrogens with one attached hydrogen (secondary N) is 1. The van der Waals surface area contributed by atoms with Crippen LogP contribution in [0.1, 0.15) is 35.2 Å². The number of rotatable bonds is 2. The molecule has 0 amide bonds. The summed E-state index contributed by atoms with van der Waals surface area (Å²) >= 11 is 6.13. The third-order valence-corrected chi connectivity index (χ3v) is 4.13. The van der Waals surface area contributed by atoms with Crippen molar-refractivity contribution in [1.82, 2.24) is 0 Å². The molecule has 0 bridgehead atoms. The number of anilines is 1. The van der Waals surface area contributed by atoms with Crippen LogP contribution in [0.5, 0.6) is 0 Å². The first-order valence-electron chi connectivity index (χ1n) is 6.81. The maximum atomic E-state index is 6.13. The normalized spacial score (nSPS) is 17.1. The second-order valence-corrected chi connectivity index (χ2v) is 5.69. The van der Waals surface area contributed by atoms with Crippen LogP contribution >= 0.6 is 11.6 Å². The molecule has 2 aromatic carbocycles. The van der Waals surface area contributed by atoms with Crippen LogP contribution in [0.4, 0.5) is 5.69 Å². The maximum Gasteiger partial charge on any atom is 0.0555 e. The zero-order valence-corrected chi connectivity index (χ0v) is 12.1. The summed E-state index contributed by atoms with van der Waals surface area (Å²) in [7, 11) is 0. The Balaban J connectivity index is 1.88. The lowest BCUT2D eigenvalue weighted by atomic mass is 10.0. The molecule has 0 aliphatic carbocycles. The highest BCUT2D eigenvalue weighted by atomic mass is 35.5. The fraction of sp³-hybridized carbons (Fsp3) is 0.294. The van der Waals surface area contributed by atoms with Gasteiger partial charge >= 0.3 is 0 Å². The van der Waals surface area contributed by atoms with Gasteiger partial charge in [-0.1, -0.05) is 42.8 Å². The van der Waals surface area contributed by atoms with E-state index in [2.05, 4.69) is 49.5 Å². The molecule has 0 spiro atoms. The van der Waals surface area contributed by atoms with E-state index in [9.17, 15) is 0 Å². The van der Waals surface area contributed by atoms with E-state index in [1.807, 2.05) is 6.07 Å². The minimum atomic E-state index is 0.373. The predicted molar refractivity (Wildman–Crippen MR) is 82.1 cm³/mol. The molecule has 3 rings (SSSR count). The lowest BCUT2D eigenvalue weighted by Gasteiger charge is -2.13. The van der Waals surface area contributed by atoms with Gasteiger partial charge in [-0.25, -0.2) is 0 Å². The summed E-state index contributed by atoms with van der Waals surface area (Å²) in [5.41, 5.74) is 6.56. The van der Waals surface area contributed by atoms with Crippen molar-refractivity contribution in [2.24, 2.45) is 0 Å². The van der Waals surface area contributed by atoms with Gasteiger partial charge in [0.2, 0.25) is 0 Å². The summed E-state index contributed by atoms with van der Waals surface area (Å²) in [6, 6.07) is 13.4. The number of halogens is 1. The third kappa shape index (κ3) is 2.35. The second-order valence-electron chi connectivity index (χ2n) is 5.25. The molecule has 2 heteroatoms. The van der Waals surface area contributed by atoms with Crippen LogP contribution in [0.15, 0.2) is 36.4 Å². The van der Waals surface area contributed by atoms with Crippen LogP contribution in [0.3, 0.4) is 0 Å². The van der Waals surface area contributed by atoms with E-state index in [0.29, 0.717) is 6.04 Å². The zero-order valence-electron chi connectivity index (χ0n) is 11.3. The molecule has 1 N–H and O–H groups in total. The highest BCUT2D eigenvalue weighted by Crippen LogP contribution is 2.38. The molecule has 0 aromatic heterocycles. The van der Waals surface area contributed by atoms with Gasteiger partial charge in [0.1, 0.15) is 0 Å². The SMILES string of the molecule is CCc1ccc(C2Cc3cc(Cl)cc(C)c3N2)cc1. The summed E-state index contributed by atoms with van der Waals surface area (Å²) in [5, 5.41) is 4.46. The lowest BCUT2D eigenvalue weighted by molar-refractivity contribution is 0.823. The average molecular weight is 272 g/mol. The summed E-state index contributed by atoms with van der Waals surface area (Å²) in [5.74, 6) is 0. The number of benzene rings is 2. The number of hydrogen-bond donors (Lipinski definition) is 1. The summed E-state index contributed by atoms with van der Waals surface area (Å²) in [6.07, 6.45) is 2.11. The van der Waals surface area contributed by atoms with Crippen molar-refractivity contribution in [2.45, 2.75) is 32.7 Å². The fourth-order valence-corrected chi connectivity index (χ4v) is 3.11. The standard InChI is InChI=1S/C17H18ClN/c1-3-12-4-6-13(7-5-12)16-10-14-9-15(18)8-11(2)17(14)19-16/h4-9,16,19H,3,10H2,1-2H3. The Bertz CT molecular complexity index is 601. The van der Waals surface area contributed by atoms with Crippen molar-refractivity contribution in [3.05, 3.63) is 63.7 Å². The smallest absolute Gasteiger partial charge is 0.0555 e. The summed E-state index contributed by atoms with van der Waals surface area (Å²) < 4.78 is 0. The predicted octanol–water partition coefficient (Wildman–Crippen LogP) is 4.92. The van der Waals surface area contributed by atoms with Crippen molar-refractivity contribution < 1.29 is 0 Å². The molecule has 1 nitrogen and oxygen atoms in total. The molecule has 1 aliphatic heterocycles. The van der Waals surface area contributed by atoms with Gasteiger partial charge in [-0.05, 0) is 54.2 Å². The Hall–Kier alpha value is -1.47. The average Bonchev–Trinajstić information content (AvgIpc) is 2.83. The lowest BCUT2D eigenvalue weighted by Crippen LogP contribution is -2.05. The minimum Gasteiger partial charge on any atom is -0.377 e. The van der Waals surface area contributed by atoms with E-state index >= 15 is 0 Å².